The third-order valence-corrected chi connectivity index (χ3v) is 5.61. The number of carbonyl (C=O) groups is 2. The van der Waals surface area contributed by atoms with Crippen molar-refractivity contribution in [1.29, 1.82) is 0 Å². The van der Waals surface area contributed by atoms with Gasteiger partial charge in [-0.1, -0.05) is 6.07 Å². The quantitative estimate of drug-likeness (QED) is 0.234. The number of amides is 2. The number of rotatable bonds is 14. The zero-order valence-corrected chi connectivity index (χ0v) is 23.0. The van der Waals surface area contributed by atoms with Gasteiger partial charge < -0.3 is 29.6 Å². The van der Waals surface area contributed by atoms with Gasteiger partial charge in [0.1, 0.15) is 34.4 Å². The van der Waals surface area contributed by atoms with Crippen LogP contribution in [0.5, 0.6) is 23.0 Å². The summed E-state index contributed by atoms with van der Waals surface area (Å²) in [6, 6.07) is 15.5. The summed E-state index contributed by atoms with van der Waals surface area (Å²) in [5, 5.41) is 5.51. The third-order valence-electron chi connectivity index (χ3n) is 5.61. The lowest BCUT2D eigenvalue weighted by molar-refractivity contribution is 0.0945. The molecule has 1 heterocycles. The Balaban J connectivity index is 1.45. The fraction of sp³-hybridized carbons (Fsp3) is 0.276. The number of nitrogens with zero attached hydrogens (tertiary/aromatic N) is 3. The van der Waals surface area contributed by atoms with Crippen LogP contribution in [-0.4, -0.2) is 83.8 Å². The summed E-state index contributed by atoms with van der Waals surface area (Å²) in [6.07, 6.45) is 3.34. The van der Waals surface area contributed by atoms with Crippen LogP contribution < -0.4 is 29.6 Å². The molecule has 0 aliphatic rings. The molecule has 0 saturated heterocycles. The zero-order chi connectivity index (χ0) is 28.7. The van der Waals surface area contributed by atoms with Gasteiger partial charge in [-0.2, -0.15) is 0 Å². The van der Waals surface area contributed by atoms with E-state index in [1.807, 2.05) is 24.3 Å². The molecule has 2 aromatic carbocycles. The number of methoxy groups -OCH3 is 4. The second-order valence-electron chi connectivity index (χ2n) is 8.21. The van der Waals surface area contributed by atoms with Gasteiger partial charge in [-0.25, -0.2) is 4.98 Å². The van der Waals surface area contributed by atoms with Crippen molar-refractivity contribution in [2.45, 2.75) is 0 Å². The van der Waals surface area contributed by atoms with Crippen molar-refractivity contribution in [3.05, 3.63) is 77.1 Å². The lowest BCUT2D eigenvalue weighted by atomic mass is 10.2. The van der Waals surface area contributed by atoms with Crippen LogP contribution in [0.2, 0.25) is 0 Å². The fourth-order valence-corrected chi connectivity index (χ4v) is 3.51. The number of carbonyl (C=O) groups excluding carboxylic acids is 2. The Labute approximate surface area is 233 Å². The molecule has 0 spiro atoms. The highest BCUT2D eigenvalue weighted by Crippen LogP contribution is 2.24. The average molecular weight is 548 g/mol. The van der Waals surface area contributed by atoms with Crippen molar-refractivity contribution in [2.75, 3.05) is 54.6 Å². The van der Waals surface area contributed by atoms with Crippen LogP contribution in [0.3, 0.4) is 0 Å². The molecule has 0 saturated carbocycles. The summed E-state index contributed by atoms with van der Waals surface area (Å²) < 4.78 is 21.1. The molecular weight excluding hydrogens is 514 g/mol. The van der Waals surface area contributed by atoms with Crippen LogP contribution in [0.4, 0.5) is 0 Å². The first-order valence-corrected chi connectivity index (χ1v) is 12.5. The van der Waals surface area contributed by atoms with Gasteiger partial charge in [0.05, 0.1) is 41.5 Å². The number of hydrogen-bond donors (Lipinski definition) is 2. The number of nitrogens with one attached hydrogen (secondary N) is 2. The highest BCUT2D eigenvalue weighted by molar-refractivity contribution is 5.96. The number of aliphatic imine (C=N–C) groups is 2. The molecular formula is C29H33N5O6. The molecule has 11 heteroatoms. The van der Waals surface area contributed by atoms with Crippen LogP contribution in [0.15, 0.2) is 64.6 Å². The molecule has 1 aromatic heterocycles. The van der Waals surface area contributed by atoms with E-state index in [0.29, 0.717) is 49.2 Å². The molecule has 2 amide bonds. The maximum absolute atomic E-state index is 12.5. The molecule has 0 unspecified atom stereocenters. The standard InChI is InChI=1S/C29H33N5O6/c1-37-22-10-8-20(26(16-22)39-3)18-30-12-14-32-28(35)24-6-5-7-25(34-24)29(36)33-15-13-31-19-21-9-11-23(38-2)17-27(21)40-4/h5-11,16-19H,12-15H2,1-4H3,(H,32,35)(H,33,36). The minimum Gasteiger partial charge on any atom is -0.497 e. The van der Waals surface area contributed by atoms with E-state index in [2.05, 4.69) is 25.6 Å². The largest absolute Gasteiger partial charge is 0.497 e. The van der Waals surface area contributed by atoms with Gasteiger partial charge in [0.2, 0.25) is 0 Å². The van der Waals surface area contributed by atoms with E-state index < -0.39 is 11.8 Å². The molecule has 3 rings (SSSR count). The van der Waals surface area contributed by atoms with Gasteiger partial charge >= 0.3 is 0 Å². The van der Waals surface area contributed by atoms with E-state index in [0.717, 1.165) is 11.1 Å². The van der Waals surface area contributed by atoms with Crippen molar-refractivity contribution in [2.24, 2.45) is 9.98 Å². The van der Waals surface area contributed by atoms with Crippen LogP contribution in [-0.2, 0) is 0 Å². The van der Waals surface area contributed by atoms with Crippen molar-refractivity contribution >= 4 is 24.2 Å². The first kappa shape index (κ1) is 29.6. The first-order chi connectivity index (χ1) is 19.5. The van der Waals surface area contributed by atoms with E-state index in [-0.39, 0.29) is 11.4 Å². The minimum atomic E-state index is -0.398. The molecule has 0 aliphatic heterocycles. The smallest absolute Gasteiger partial charge is 0.269 e. The van der Waals surface area contributed by atoms with Crippen LogP contribution >= 0.6 is 0 Å². The van der Waals surface area contributed by atoms with Crippen molar-refractivity contribution < 1.29 is 28.5 Å². The monoisotopic (exact) mass is 547 g/mol. The van der Waals surface area contributed by atoms with E-state index in [1.165, 1.54) is 0 Å². The lowest BCUT2D eigenvalue weighted by Gasteiger charge is -2.07. The second-order valence-corrected chi connectivity index (χ2v) is 8.21. The summed E-state index contributed by atoms with van der Waals surface area (Å²) in [5.74, 6) is 1.84. The van der Waals surface area contributed by atoms with Crippen molar-refractivity contribution in [3.63, 3.8) is 0 Å². The maximum atomic E-state index is 12.5. The maximum Gasteiger partial charge on any atom is 0.269 e. The first-order valence-electron chi connectivity index (χ1n) is 12.5. The summed E-state index contributed by atoms with van der Waals surface area (Å²) in [6.45, 7) is 1.29. The van der Waals surface area contributed by atoms with Crippen LogP contribution in [0.1, 0.15) is 32.1 Å². The fourth-order valence-electron chi connectivity index (χ4n) is 3.51. The summed E-state index contributed by atoms with van der Waals surface area (Å²) in [7, 11) is 6.32. The molecule has 0 radical (unpaired) electrons. The summed E-state index contributed by atoms with van der Waals surface area (Å²) in [4.78, 5) is 37.9. The van der Waals surface area contributed by atoms with Gasteiger partial charge in [-0.05, 0) is 36.4 Å². The van der Waals surface area contributed by atoms with Gasteiger partial charge in [0.15, 0.2) is 0 Å². The summed E-state index contributed by atoms with van der Waals surface area (Å²) in [5.41, 5.74) is 1.86. The average Bonchev–Trinajstić information content (AvgIpc) is 3.00. The Hall–Kier alpha value is -4.93. The molecule has 0 aliphatic carbocycles. The molecule has 11 nitrogen and oxygen atoms in total. The number of pyridine rings is 1. The number of hydrogen-bond acceptors (Lipinski definition) is 9. The molecule has 0 fully saturated rings. The Morgan fingerprint density at radius 2 is 1.15 bits per heavy atom. The van der Waals surface area contributed by atoms with Gasteiger partial charge in [0.25, 0.3) is 11.8 Å². The van der Waals surface area contributed by atoms with E-state index in [4.69, 9.17) is 18.9 Å². The topological polar surface area (TPSA) is 133 Å². The zero-order valence-electron chi connectivity index (χ0n) is 23.0. The predicted octanol–water partition coefficient (Wildman–Crippen LogP) is 2.81. The van der Waals surface area contributed by atoms with Gasteiger partial charge in [-0.15, -0.1) is 0 Å². The number of ether oxygens (including phenoxy) is 4. The third kappa shape index (κ3) is 8.55. The molecule has 40 heavy (non-hydrogen) atoms. The molecule has 2 N–H and O–H groups in total. The molecule has 0 atom stereocenters. The molecule has 0 bridgehead atoms. The highest BCUT2D eigenvalue weighted by atomic mass is 16.5. The van der Waals surface area contributed by atoms with Crippen LogP contribution in [0.25, 0.3) is 0 Å². The van der Waals surface area contributed by atoms with Gasteiger partial charge in [-0.3, -0.25) is 19.6 Å². The van der Waals surface area contributed by atoms with Crippen molar-refractivity contribution in [3.8, 4) is 23.0 Å². The normalized spacial score (nSPS) is 10.9. The lowest BCUT2D eigenvalue weighted by Crippen LogP contribution is -2.30. The Morgan fingerprint density at radius 3 is 1.55 bits per heavy atom. The molecule has 210 valence electrons. The van der Waals surface area contributed by atoms with Crippen molar-refractivity contribution in [1.82, 2.24) is 15.6 Å². The van der Waals surface area contributed by atoms with Gasteiger partial charge in [0, 0.05) is 48.8 Å². The van der Waals surface area contributed by atoms with E-state index in [9.17, 15) is 9.59 Å². The SMILES string of the molecule is COc1ccc(C=NCCNC(=O)c2cccc(C(=O)NCCN=Cc3ccc(OC)cc3OC)n2)c(OC)c1. The minimum absolute atomic E-state index is 0.137. The number of aromatic nitrogens is 1. The second kappa shape index (κ2) is 15.5. The Bertz CT molecular complexity index is 1260. The Kier molecular flexibility index (Phi) is 11.5. The summed E-state index contributed by atoms with van der Waals surface area (Å²) >= 11 is 0. The highest BCUT2D eigenvalue weighted by Gasteiger charge is 2.12. The van der Waals surface area contributed by atoms with E-state index >= 15 is 0 Å². The van der Waals surface area contributed by atoms with Crippen LogP contribution in [0, 0.1) is 0 Å². The molecule has 3 aromatic rings. The van der Waals surface area contributed by atoms with E-state index in [1.54, 1.807) is 71.2 Å². The Morgan fingerprint density at radius 1 is 0.700 bits per heavy atom. The predicted molar refractivity (Wildman–Crippen MR) is 153 cm³/mol. The number of benzene rings is 2.